The highest BCUT2D eigenvalue weighted by molar-refractivity contribution is 6.04. The molecule has 1 amide bonds. The van der Waals surface area contributed by atoms with E-state index in [1.165, 1.54) is 6.07 Å². The molecule has 27 heavy (non-hydrogen) atoms. The van der Waals surface area contributed by atoms with E-state index in [2.05, 4.69) is 10.3 Å². The highest BCUT2D eigenvalue weighted by Gasteiger charge is 2.12. The van der Waals surface area contributed by atoms with E-state index in [0.717, 1.165) is 24.2 Å². The number of aromatic nitrogens is 1. The Hall–Kier alpha value is -3.28. The van der Waals surface area contributed by atoms with Crippen LogP contribution >= 0.6 is 0 Å². The van der Waals surface area contributed by atoms with Gasteiger partial charge in [-0.2, -0.15) is 0 Å². The zero-order valence-electron chi connectivity index (χ0n) is 14.8. The Bertz CT molecular complexity index is 932. The van der Waals surface area contributed by atoms with Crippen molar-refractivity contribution in [1.29, 1.82) is 0 Å². The molecule has 0 saturated carbocycles. The first kappa shape index (κ1) is 18.5. The summed E-state index contributed by atoms with van der Waals surface area (Å²) in [6, 6.07) is 16.5. The minimum absolute atomic E-state index is 0.189. The first-order valence-corrected chi connectivity index (χ1v) is 8.58. The maximum absolute atomic E-state index is 13.3. The second-order valence-electron chi connectivity index (χ2n) is 5.99. The van der Waals surface area contributed by atoms with E-state index in [9.17, 15) is 13.6 Å². The molecule has 0 atom stereocenters. The fourth-order valence-corrected chi connectivity index (χ4v) is 2.67. The van der Waals surface area contributed by atoms with Gasteiger partial charge in [-0.25, -0.2) is 13.8 Å². The van der Waals surface area contributed by atoms with Gasteiger partial charge < -0.3 is 10.2 Å². The van der Waals surface area contributed by atoms with E-state index in [1.807, 2.05) is 42.2 Å². The summed E-state index contributed by atoms with van der Waals surface area (Å²) in [6.07, 6.45) is 1.56. The van der Waals surface area contributed by atoms with Gasteiger partial charge in [0.25, 0.3) is 5.91 Å². The van der Waals surface area contributed by atoms with Crippen LogP contribution < -0.4 is 10.2 Å². The van der Waals surface area contributed by atoms with Crippen LogP contribution in [0.4, 0.5) is 20.3 Å². The van der Waals surface area contributed by atoms with Crippen LogP contribution in [0.1, 0.15) is 22.8 Å². The number of hydrogen-bond acceptors (Lipinski definition) is 3. The van der Waals surface area contributed by atoms with E-state index in [0.29, 0.717) is 17.9 Å². The molecular formula is C21H19F2N3O. The number of nitrogens with one attached hydrogen (secondary N) is 1. The van der Waals surface area contributed by atoms with Crippen LogP contribution in [0.5, 0.6) is 0 Å². The molecule has 0 bridgehead atoms. The molecule has 0 spiro atoms. The average Bonchev–Trinajstić information content (AvgIpc) is 2.70. The molecule has 6 heteroatoms. The molecule has 1 N–H and O–H groups in total. The van der Waals surface area contributed by atoms with Gasteiger partial charge in [0.05, 0.1) is 0 Å². The van der Waals surface area contributed by atoms with E-state index in [4.69, 9.17) is 0 Å². The van der Waals surface area contributed by atoms with Crippen molar-refractivity contribution >= 4 is 17.4 Å². The lowest BCUT2D eigenvalue weighted by Gasteiger charge is -2.22. The van der Waals surface area contributed by atoms with Crippen molar-refractivity contribution in [3.05, 3.63) is 89.6 Å². The number of halogens is 2. The Morgan fingerprint density at radius 1 is 1.04 bits per heavy atom. The van der Waals surface area contributed by atoms with Crippen LogP contribution in [0, 0.1) is 11.6 Å². The van der Waals surface area contributed by atoms with Crippen molar-refractivity contribution in [3.8, 4) is 0 Å². The second-order valence-corrected chi connectivity index (χ2v) is 5.99. The summed E-state index contributed by atoms with van der Waals surface area (Å²) < 4.78 is 26.3. The van der Waals surface area contributed by atoms with Gasteiger partial charge in [-0.05, 0) is 36.8 Å². The van der Waals surface area contributed by atoms with Gasteiger partial charge in [-0.3, -0.25) is 4.79 Å². The summed E-state index contributed by atoms with van der Waals surface area (Å²) in [7, 11) is 0. The monoisotopic (exact) mass is 367 g/mol. The number of amides is 1. The molecule has 4 nitrogen and oxygen atoms in total. The summed E-state index contributed by atoms with van der Waals surface area (Å²) in [4.78, 5) is 18.9. The molecule has 1 aromatic heterocycles. The quantitative estimate of drug-likeness (QED) is 0.690. The number of carbonyl (C=O) groups excluding carboxylic acids is 1. The number of rotatable bonds is 6. The van der Waals surface area contributed by atoms with E-state index < -0.39 is 17.5 Å². The van der Waals surface area contributed by atoms with E-state index >= 15 is 0 Å². The minimum atomic E-state index is -1.01. The summed E-state index contributed by atoms with van der Waals surface area (Å²) in [5, 5.41) is 2.57. The predicted molar refractivity (Wildman–Crippen MR) is 102 cm³/mol. The Labute approximate surface area is 156 Å². The van der Waals surface area contributed by atoms with Crippen molar-refractivity contribution in [2.45, 2.75) is 13.5 Å². The van der Waals surface area contributed by atoms with Crippen molar-refractivity contribution in [2.24, 2.45) is 0 Å². The Balaban J connectivity index is 1.77. The fraction of sp³-hybridized carbons (Fsp3) is 0.143. The maximum atomic E-state index is 13.3. The van der Waals surface area contributed by atoms with Crippen LogP contribution in [0.3, 0.4) is 0 Å². The number of hydrogen-bond donors (Lipinski definition) is 1. The first-order chi connectivity index (χ1) is 13.1. The van der Waals surface area contributed by atoms with Crippen LogP contribution in [0.2, 0.25) is 0 Å². The summed E-state index contributed by atoms with van der Waals surface area (Å²) in [6.45, 7) is 3.40. The molecular weight excluding hydrogens is 348 g/mol. The third kappa shape index (κ3) is 4.67. The highest BCUT2D eigenvalue weighted by Crippen LogP contribution is 2.18. The Kier molecular flexibility index (Phi) is 5.76. The second kappa shape index (κ2) is 8.40. The molecule has 2 aromatic carbocycles. The molecule has 0 saturated heterocycles. The lowest BCUT2D eigenvalue weighted by atomic mass is 10.2. The van der Waals surface area contributed by atoms with Gasteiger partial charge in [0.15, 0.2) is 11.6 Å². The molecule has 1 heterocycles. The van der Waals surface area contributed by atoms with Gasteiger partial charge >= 0.3 is 0 Å². The molecule has 0 aliphatic carbocycles. The third-order valence-electron chi connectivity index (χ3n) is 4.11. The maximum Gasteiger partial charge on any atom is 0.255 e. The smallest absolute Gasteiger partial charge is 0.255 e. The Morgan fingerprint density at radius 2 is 1.81 bits per heavy atom. The average molecular weight is 367 g/mol. The number of carbonyl (C=O) groups is 1. The van der Waals surface area contributed by atoms with Crippen molar-refractivity contribution < 1.29 is 13.6 Å². The fourth-order valence-electron chi connectivity index (χ4n) is 2.67. The van der Waals surface area contributed by atoms with Gasteiger partial charge in [0, 0.05) is 36.6 Å². The highest BCUT2D eigenvalue weighted by atomic mass is 19.2. The molecule has 0 radical (unpaired) electrons. The lowest BCUT2D eigenvalue weighted by molar-refractivity contribution is 0.102. The molecule has 3 rings (SSSR count). The lowest BCUT2D eigenvalue weighted by Crippen LogP contribution is -2.23. The normalized spacial score (nSPS) is 10.5. The third-order valence-corrected chi connectivity index (χ3v) is 4.11. The van der Waals surface area contributed by atoms with Gasteiger partial charge in [0.2, 0.25) is 0 Å². The predicted octanol–water partition coefficient (Wildman–Crippen LogP) is 4.64. The number of nitrogens with zero attached hydrogens (tertiary/aromatic N) is 2. The largest absolute Gasteiger partial charge is 0.353 e. The minimum Gasteiger partial charge on any atom is -0.353 e. The molecule has 138 valence electrons. The Morgan fingerprint density at radius 3 is 2.52 bits per heavy atom. The number of benzene rings is 2. The number of pyridine rings is 1. The molecule has 0 aliphatic heterocycles. The van der Waals surface area contributed by atoms with E-state index in [1.54, 1.807) is 18.3 Å². The van der Waals surface area contributed by atoms with Gasteiger partial charge in [0.1, 0.15) is 5.82 Å². The topological polar surface area (TPSA) is 45.2 Å². The summed E-state index contributed by atoms with van der Waals surface area (Å²) >= 11 is 0. The SMILES string of the molecule is CCN(Cc1ccccc1)c1cc(C(=O)Nc2ccc(F)c(F)c2)ccn1. The zero-order valence-corrected chi connectivity index (χ0v) is 14.8. The number of anilines is 2. The summed E-state index contributed by atoms with van der Waals surface area (Å²) in [5.74, 6) is -1.72. The molecule has 0 aliphatic rings. The van der Waals surface area contributed by atoms with Gasteiger partial charge in [-0.15, -0.1) is 0 Å². The summed E-state index contributed by atoms with van der Waals surface area (Å²) in [5.41, 5.74) is 1.71. The molecule has 0 unspecified atom stereocenters. The van der Waals surface area contributed by atoms with E-state index in [-0.39, 0.29) is 5.69 Å². The molecule has 3 aromatic rings. The first-order valence-electron chi connectivity index (χ1n) is 8.58. The molecule has 0 fully saturated rings. The van der Waals surface area contributed by atoms with Crippen LogP contribution in [-0.2, 0) is 6.54 Å². The van der Waals surface area contributed by atoms with Crippen LogP contribution in [-0.4, -0.2) is 17.4 Å². The van der Waals surface area contributed by atoms with Gasteiger partial charge in [-0.1, -0.05) is 30.3 Å². The van der Waals surface area contributed by atoms with Crippen LogP contribution in [0.25, 0.3) is 0 Å². The van der Waals surface area contributed by atoms with Crippen molar-refractivity contribution in [1.82, 2.24) is 4.98 Å². The van der Waals surface area contributed by atoms with Crippen molar-refractivity contribution in [2.75, 3.05) is 16.8 Å². The standard InChI is InChI=1S/C21H19F2N3O/c1-2-26(14-15-6-4-3-5-7-15)20-12-16(10-11-24-20)21(27)25-17-8-9-18(22)19(23)13-17/h3-13H,2,14H2,1H3,(H,25,27). The van der Waals surface area contributed by atoms with Crippen LogP contribution in [0.15, 0.2) is 66.9 Å². The van der Waals surface area contributed by atoms with Crippen molar-refractivity contribution in [3.63, 3.8) is 0 Å². The zero-order chi connectivity index (χ0) is 19.2.